The van der Waals surface area contributed by atoms with Gasteiger partial charge in [-0.3, -0.25) is 4.79 Å². The van der Waals surface area contributed by atoms with Gasteiger partial charge in [-0.05, 0) is 24.5 Å². The summed E-state index contributed by atoms with van der Waals surface area (Å²) in [6, 6.07) is 3.83. The number of pyridine rings is 1. The van der Waals surface area contributed by atoms with Crippen molar-refractivity contribution in [2.45, 2.75) is 19.4 Å². The summed E-state index contributed by atoms with van der Waals surface area (Å²) in [7, 11) is 0. The largest absolute Gasteiger partial charge is 0.381 e. The molecule has 1 fully saturated rings. The average molecular weight is 235 g/mol. The summed E-state index contributed by atoms with van der Waals surface area (Å²) >= 11 is 0. The summed E-state index contributed by atoms with van der Waals surface area (Å²) in [4.78, 5) is 15.1. The highest BCUT2D eigenvalue weighted by atomic mass is 16.5. The third-order valence-corrected chi connectivity index (χ3v) is 3.02. The SMILES string of the molecule is CC1COCCC1Nc1ccc(C(N)=O)cn1. The maximum absolute atomic E-state index is 10.9. The third-order valence-electron chi connectivity index (χ3n) is 3.02. The van der Waals surface area contributed by atoms with Crippen molar-refractivity contribution in [3.8, 4) is 0 Å². The number of primary amides is 1. The number of anilines is 1. The lowest BCUT2D eigenvalue weighted by Gasteiger charge is -2.29. The molecule has 1 aliphatic rings. The Balaban J connectivity index is 2.00. The molecular formula is C12H17N3O2. The Morgan fingerprint density at radius 3 is 3.00 bits per heavy atom. The van der Waals surface area contributed by atoms with E-state index in [0.717, 1.165) is 25.5 Å². The molecule has 1 aliphatic heterocycles. The smallest absolute Gasteiger partial charge is 0.250 e. The highest BCUT2D eigenvalue weighted by Crippen LogP contribution is 2.18. The zero-order valence-corrected chi connectivity index (χ0v) is 9.85. The second-order valence-corrected chi connectivity index (χ2v) is 4.39. The van der Waals surface area contributed by atoms with Gasteiger partial charge in [-0.15, -0.1) is 0 Å². The van der Waals surface area contributed by atoms with Gasteiger partial charge in [-0.2, -0.15) is 0 Å². The van der Waals surface area contributed by atoms with E-state index in [9.17, 15) is 4.79 Å². The van der Waals surface area contributed by atoms with Crippen LogP contribution in [0.3, 0.4) is 0 Å². The van der Waals surface area contributed by atoms with Crippen molar-refractivity contribution >= 4 is 11.7 Å². The molecule has 1 amide bonds. The molecule has 17 heavy (non-hydrogen) atoms. The molecule has 0 spiro atoms. The quantitative estimate of drug-likeness (QED) is 0.820. The highest BCUT2D eigenvalue weighted by Gasteiger charge is 2.21. The van der Waals surface area contributed by atoms with Gasteiger partial charge in [0.15, 0.2) is 0 Å². The number of rotatable bonds is 3. The van der Waals surface area contributed by atoms with Gasteiger partial charge in [0.25, 0.3) is 0 Å². The first-order valence-corrected chi connectivity index (χ1v) is 5.77. The van der Waals surface area contributed by atoms with Crippen LogP contribution in [0.1, 0.15) is 23.7 Å². The van der Waals surface area contributed by atoms with Crippen molar-refractivity contribution in [2.24, 2.45) is 11.7 Å². The number of aromatic nitrogens is 1. The highest BCUT2D eigenvalue weighted by molar-refractivity contribution is 5.92. The minimum Gasteiger partial charge on any atom is -0.381 e. The minimum atomic E-state index is -0.455. The first-order valence-electron chi connectivity index (χ1n) is 5.77. The second kappa shape index (κ2) is 5.14. The number of nitrogens with one attached hydrogen (secondary N) is 1. The summed E-state index contributed by atoms with van der Waals surface area (Å²) in [5, 5.41) is 3.35. The molecule has 2 unspecified atom stereocenters. The van der Waals surface area contributed by atoms with Crippen molar-refractivity contribution in [2.75, 3.05) is 18.5 Å². The van der Waals surface area contributed by atoms with Crippen LogP contribution in [0.15, 0.2) is 18.3 Å². The van der Waals surface area contributed by atoms with Gasteiger partial charge in [-0.25, -0.2) is 4.98 Å². The lowest BCUT2D eigenvalue weighted by Crippen LogP contribution is -2.36. The van der Waals surface area contributed by atoms with E-state index in [0.29, 0.717) is 17.5 Å². The molecule has 3 N–H and O–H groups in total. The Bertz CT molecular complexity index is 391. The summed E-state index contributed by atoms with van der Waals surface area (Å²) < 4.78 is 5.38. The second-order valence-electron chi connectivity index (χ2n) is 4.39. The lowest BCUT2D eigenvalue weighted by molar-refractivity contribution is 0.0537. The molecule has 1 aromatic rings. The molecule has 0 aliphatic carbocycles. The molecule has 5 heteroatoms. The van der Waals surface area contributed by atoms with E-state index >= 15 is 0 Å². The summed E-state index contributed by atoms with van der Waals surface area (Å²) in [5.74, 6) is 0.776. The van der Waals surface area contributed by atoms with Gasteiger partial charge in [0, 0.05) is 18.8 Å². The molecule has 2 heterocycles. The molecule has 2 atom stereocenters. The predicted octanol–water partition coefficient (Wildman–Crippen LogP) is 1.02. The molecule has 92 valence electrons. The average Bonchev–Trinajstić information content (AvgIpc) is 2.33. The Hall–Kier alpha value is -1.62. The van der Waals surface area contributed by atoms with Crippen LogP contribution in [0.2, 0.25) is 0 Å². The van der Waals surface area contributed by atoms with Gasteiger partial charge in [0.1, 0.15) is 5.82 Å². The van der Waals surface area contributed by atoms with E-state index < -0.39 is 5.91 Å². The maximum atomic E-state index is 10.9. The summed E-state index contributed by atoms with van der Waals surface area (Å²) in [5.41, 5.74) is 5.58. The zero-order chi connectivity index (χ0) is 12.3. The lowest BCUT2D eigenvalue weighted by atomic mass is 9.98. The van der Waals surface area contributed by atoms with Crippen LogP contribution < -0.4 is 11.1 Å². The summed E-state index contributed by atoms with van der Waals surface area (Å²) in [6.45, 7) is 3.70. The van der Waals surface area contributed by atoms with E-state index in [4.69, 9.17) is 10.5 Å². The van der Waals surface area contributed by atoms with Gasteiger partial charge in [0.2, 0.25) is 5.91 Å². The van der Waals surface area contributed by atoms with Crippen molar-refractivity contribution < 1.29 is 9.53 Å². The monoisotopic (exact) mass is 235 g/mol. The Labute approximate surface area is 100 Å². The number of carbonyl (C=O) groups is 1. The van der Waals surface area contributed by atoms with Crippen molar-refractivity contribution in [3.05, 3.63) is 23.9 Å². The summed E-state index contributed by atoms with van der Waals surface area (Å²) in [6.07, 6.45) is 2.47. The van der Waals surface area contributed by atoms with Crippen LogP contribution >= 0.6 is 0 Å². The fourth-order valence-electron chi connectivity index (χ4n) is 1.91. The van der Waals surface area contributed by atoms with Crippen LogP contribution in [0, 0.1) is 5.92 Å². The van der Waals surface area contributed by atoms with Gasteiger partial charge in [0.05, 0.1) is 12.2 Å². The normalized spacial score (nSPS) is 24.3. The molecule has 0 aromatic carbocycles. The first-order chi connectivity index (χ1) is 8.16. The van der Waals surface area contributed by atoms with Crippen LogP contribution in [0.4, 0.5) is 5.82 Å². The topological polar surface area (TPSA) is 77.2 Å². The van der Waals surface area contributed by atoms with Crippen LogP contribution in [-0.2, 0) is 4.74 Å². The number of carbonyl (C=O) groups excluding carboxylic acids is 1. The fourth-order valence-corrected chi connectivity index (χ4v) is 1.91. The number of amides is 1. The zero-order valence-electron chi connectivity index (χ0n) is 9.85. The Kier molecular flexibility index (Phi) is 3.58. The standard InChI is InChI=1S/C12H17N3O2/c1-8-7-17-5-4-10(8)15-11-3-2-9(6-14-11)12(13)16/h2-3,6,8,10H,4-5,7H2,1H3,(H2,13,16)(H,14,15). The van der Waals surface area contributed by atoms with E-state index in [-0.39, 0.29) is 0 Å². The number of ether oxygens (including phenoxy) is 1. The number of hydrogen-bond acceptors (Lipinski definition) is 4. The van der Waals surface area contributed by atoms with Gasteiger partial charge < -0.3 is 15.8 Å². The van der Waals surface area contributed by atoms with Crippen molar-refractivity contribution in [1.82, 2.24) is 4.98 Å². The molecule has 0 radical (unpaired) electrons. The van der Waals surface area contributed by atoms with Crippen LogP contribution in [-0.4, -0.2) is 30.1 Å². The minimum absolute atomic E-state index is 0.371. The van der Waals surface area contributed by atoms with Crippen molar-refractivity contribution in [1.29, 1.82) is 0 Å². The van der Waals surface area contributed by atoms with E-state index in [1.807, 2.05) is 0 Å². The maximum Gasteiger partial charge on any atom is 0.250 e. The molecule has 2 rings (SSSR count). The number of nitrogens with two attached hydrogens (primary N) is 1. The molecule has 0 saturated carbocycles. The fraction of sp³-hybridized carbons (Fsp3) is 0.500. The van der Waals surface area contributed by atoms with E-state index in [1.54, 1.807) is 12.1 Å². The molecule has 5 nitrogen and oxygen atoms in total. The van der Waals surface area contributed by atoms with Crippen molar-refractivity contribution in [3.63, 3.8) is 0 Å². The molecule has 1 saturated heterocycles. The van der Waals surface area contributed by atoms with Gasteiger partial charge >= 0.3 is 0 Å². The van der Waals surface area contributed by atoms with Crippen LogP contribution in [0.5, 0.6) is 0 Å². The van der Waals surface area contributed by atoms with Crippen LogP contribution in [0.25, 0.3) is 0 Å². The molecule has 0 bridgehead atoms. The number of nitrogens with zero attached hydrogens (tertiary/aromatic N) is 1. The first kappa shape index (κ1) is 11.9. The van der Waals surface area contributed by atoms with Gasteiger partial charge in [-0.1, -0.05) is 6.92 Å². The predicted molar refractivity (Wildman–Crippen MR) is 64.8 cm³/mol. The number of hydrogen-bond donors (Lipinski definition) is 2. The Morgan fingerprint density at radius 1 is 1.59 bits per heavy atom. The van der Waals surface area contributed by atoms with E-state index in [1.165, 1.54) is 6.20 Å². The third kappa shape index (κ3) is 2.94. The Morgan fingerprint density at radius 2 is 2.41 bits per heavy atom. The molecule has 1 aromatic heterocycles. The molecular weight excluding hydrogens is 218 g/mol. The van der Waals surface area contributed by atoms with E-state index in [2.05, 4.69) is 17.2 Å².